The summed E-state index contributed by atoms with van der Waals surface area (Å²) in [5.74, 6) is -1.29. The SMILES string of the molecule is Nc1cc(C(=O)CCl)cc(F)c1N. The summed E-state index contributed by atoms with van der Waals surface area (Å²) in [4.78, 5) is 11.0. The largest absolute Gasteiger partial charge is 0.397 e. The van der Waals surface area contributed by atoms with Crippen molar-refractivity contribution < 1.29 is 9.18 Å². The van der Waals surface area contributed by atoms with Gasteiger partial charge in [0.05, 0.1) is 17.3 Å². The number of hydrogen-bond acceptors (Lipinski definition) is 3. The molecule has 1 aromatic carbocycles. The zero-order valence-corrected chi connectivity index (χ0v) is 7.44. The second-order valence-corrected chi connectivity index (χ2v) is 2.79. The molecule has 0 heterocycles. The van der Waals surface area contributed by atoms with Gasteiger partial charge >= 0.3 is 0 Å². The maximum Gasteiger partial charge on any atom is 0.177 e. The van der Waals surface area contributed by atoms with E-state index in [-0.39, 0.29) is 28.6 Å². The minimum Gasteiger partial charge on any atom is -0.397 e. The Bertz CT molecular complexity index is 331. The van der Waals surface area contributed by atoms with Gasteiger partial charge in [0.2, 0.25) is 0 Å². The van der Waals surface area contributed by atoms with E-state index in [4.69, 9.17) is 23.1 Å². The van der Waals surface area contributed by atoms with Crippen LogP contribution in [0.4, 0.5) is 15.8 Å². The second kappa shape index (κ2) is 3.62. The van der Waals surface area contributed by atoms with Gasteiger partial charge in [0.25, 0.3) is 0 Å². The van der Waals surface area contributed by atoms with E-state index in [2.05, 4.69) is 0 Å². The van der Waals surface area contributed by atoms with E-state index in [1.807, 2.05) is 0 Å². The first kappa shape index (κ1) is 9.80. The van der Waals surface area contributed by atoms with E-state index in [0.29, 0.717) is 0 Å². The summed E-state index contributed by atoms with van der Waals surface area (Å²) in [6, 6.07) is 2.33. The van der Waals surface area contributed by atoms with Crippen LogP contribution < -0.4 is 11.5 Å². The molecular weight excluding hydrogens is 195 g/mol. The molecule has 0 aromatic heterocycles. The molecule has 0 bridgehead atoms. The smallest absolute Gasteiger partial charge is 0.177 e. The van der Waals surface area contributed by atoms with Crippen LogP contribution in [0.5, 0.6) is 0 Å². The predicted octanol–water partition coefficient (Wildman–Crippen LogP) is 1.41. The van der Waals surface area contributed by atoms with E-state index in [1.165, 1.54) is 6.07 Å². The number of nitrogens with two attached hydrogens (primary N) is 2. The van der Waals surface area contributed by atoms with E-state index in [0.717, 1.165) is 6.07 Å². The number of carbonyl (C=O) groups is 1. The molecule has 0 atom stereocenters. The number of alkyl halides is 1. The number of rotatable bonds is 2. The molecule has 5 heteroatoms. The van der Waals surface area contributed by atoms with Crippen molar-refractivity contribution in [2.75, 3.05) is 17.3 Å². The molecule has 13 heavy (non-hydrogen) atoms. The summed E-state index contributed by atoms with van der Waals surface area (Å²) < 4.78 is 12.9. The molecule has 0 aliphatic heterocycles. The number of halogens is 2. The lowest BCUT2D eigenvalue weighted by atomic mass is 10.1. The molecule has 0 spiro atoms. The maximum atomic E-state index is 12.9. The Morgan fingerprint density at radius 3 is 2.54 bits per heavy atom. The Kier molecular flexibility index (Phi) is 2.72. The maximum absolute atomic E-state index is 12.9. The molecular formula is C8H8ClFN2O. The lowest BCUT2D eigenvalue weighted by molar-refractivity contribution is 0.102. The standard InChI is InChI=1S/C8H8ClFN2O/c9-3-7(13)4-1-5(10)8(12)6(11)2-4/h1-2H,3,11-12H2. The van der Waals surface area contributed by atoms with Crippen LogP contribution in [-0.4, -0.2) is 11.7 Å². The number of nitrogen functional groups attached to an aromatic ring is 2. The van der Waals surface area contributed by atoms with Gasteiger partial charge in [-0.1, -0.05) is 0 Å². The quantitative estimate of drug-likeness (QED) is 0.433. The van der Waals surface area contributed by atoms with Crippen LogP contribution in [0.1, 0.15) is 10.4 Å². The van der Waals surface area contributed by atoms with Gasteiger partial charge < -0.3 is 11.5 Å². The molecule has 0 aliphatic carbocycles. The summed E-state index contributed by atoms with van der Waals surface area (Å²) in [6.07, 6.45) is 0. The number of benzene rings is 1. The van der Waals surface area contributed by atoms with Crippen LogP contribution in [0.25, 0.3) is 0 Å². The van der Waals surface area contributed by atoms with Crippen LogP contribution in [-0.2, 0) is 0 Å². The molecule has 1 aromatic rings. The number of hydrogen-bond donors (Lipinski definition) is 2. The zero-order chi connectivity index (χ0) is 10.0. The third-order valence-corrected chi connectivity index (χ3v) is 1.85. The lowest BCUT2D eigenvalue weighted by Gasteiger charge is -2.03. The average Bonchev–Trinajstić information content (AvgIpc) is 2.12. The molecule has 0 fully saturated rings. The summed E-state index contributed by atoms with van der Waals surface area (Å²) >= 11 is 5.29. The Labute approximate surface area is 79.5 Å². The van der Waals surface area contributed by atoms with Gasteiger partial charge in [-0.2, -0.15) is 0 Å². The van der Waals surface area contributed by atoms with Crippen molar-refractivity contribution in [3.63, 3.8) is 0 Å². The van der Waals surface area contributed by atoms with Gasteiger partial charge in [0.15, 0.2) is 5.78 Å². The number of Topliss-reactive ketones (excluding diaryl/α,β-unsaturated/α-hetero) is 1. The third-order valence-electron chi connectivity index (χ3n) is 1.60. The highest BCUT2D eigenvalue weighted by Crippen LogP contribution is 2.21. The summed E-state index contributed by atoms with van der Waals surface area (Å²) in [5, 5.41) is 0. The highest BCUT2D eigenvalue weighted by atomic mass is 35.5. The van der Waals surface area contributed by atoms with Crippen molar-refractivity contribution in [3.8, 4) is 0 Å². The Hall–Kier alpha value is -1.29. The Balaban J connectivity index is 3.20. The summed E-state index contributed by atoms with van der Waals surface area (Å²) in [5.41, 5.74) is 10.6. The van der Waals surface area contributed by atoms with Gasteiger partial charge in [-0.15, -0.1) is 11.6 Å². The second-order valence-electron chi connectivity index (χ2n) is 2.52. The van der Waals surface area contributed by atoms with Crippen molar-refractivity contribution >= 4 is 28.8 Å². The number of anilines is 2. The van der Waals surface area contributed by atoms with Crippen molar-refractivity contribution in [1.29, 1.82) is 0 Å². The van der Waals surface area contributed by atoms with Gasteiger partial charge in [0.1, 0.15) is 5.82 Å². The lowest BCUT2D eigenvalue weighted by Crippen LogP contribution is -2.05. The van der Waals surface area contributed by atoms with Crippen LogP contribution in [0.2, 0.25) is 0 Å². The highest BCUT2D eigenvalue weighted by molar-refractivity contribution is 6.30. The van der Waals surface area contributed by atoms with Crippen LogP contribution in [0.15, 0.2) is 12.1 Å². The molecule has 0 saturated carbocycles. The Morgan fingerprint density at radius 1 is 1.46 bits per heavy atom. The molecule has 0 saturated heterocycles. The zero-order valence-electron chi connectivity index (χ0n) is 6.68. The first-order valence-corrected chi connectivity index (χ1v) is 4.03. The first-order chi connectivity index (χ1) is 6.06. The van der Waals surface area contributed by atoms with Crippen molar-refractivity contribution in [1.82, 2.24) is 0 Å². The van der Waals surface area contributed by atoms with Gasteiger partial charge in [0, 0.05) is 5.56 Å². The minimum absolute atomic E-state index is 0.0495. The molecule has 0 aliphatic rings. The Morgan fingerprint density at radius 2 is 2.08 bits per heavy atom. The molecule has 1 rings (SSSR count). The fourth-order valence-electron chi connectivity index (χ4n) is 0.877. The van der Waals surface area contributed by atoms with Gasteiger partial charge in [-0.3, -0.25) is 4.79 Å². The van der Waals surface area contributed by atoms with Crippen LogP contribution in [0.3, 0.4) is 0 Å². The normalized spacial score (nSPS) is 10.0. The van der Waals surface area contributed by atoms with Crippen LogP contribution in [0, 0.1) is 5.82 Å². The number of ketones is 1. The molecule has 70 valence electrons. The van der Waals surface area contributed by atoms with Gasteiger partial charge in [-0.05, 0) is 12.1 Å². The van der Waals surface area contributed by atoms with Crippen molar-refractivity contribution in [3.05, 3.63) is 23.5 Å². The molecule has 0 unspecified atom stereocenters. The topological polar surface area (TPSA) is 69.1 Å². The highest BCUT2D eigenvalue weighted by Gasteiger charge is 2.10. The van der Waals surface area contributed by atoms with E-state index < -0.39 is 5.82 Å². The van der Waals surface area contributed by atoms with Crippen molar-refractivity contribution in [2.45, 2.75) is 0 Å². The summed E-state index contributed by atoms with van der Waals surface area (Å²) in [7, 11) is 0. The van der Waals surface area contributed by atoms with E-state index >= 15 is 0 Å². The van der Waals surface area contributed by atoms with E-state index in [9.17, 15) is 9.18 Å². The monoisotopic (exact) mass is 202 g/mol. The molecule has 0 amide bonds. The number of carbonyl (C=O) groups excluding carboxylic acids is 1. The minimum atomic E-state index is -0.700. The fraction of sp³-hybridized carbons (Fsp3) is 0.125. The van der Waals surface area contributed by atoms with E-state index in [1.54, 1.807) is 0 Å². The predicted molar refractivity (Wildman–Crippen MR) is 50.3 cm³/mol. The molecule has 4 N–H and O–H groups in total. The van der Waals surface area contributed by atoms with Gasteiger partial charge in [-0.25, -0.2) is 4.39 Å². The first-order valence-electron chi connectivity index (χ1n) is 3.50. The molecule has 0 radical (unpaired) electrons. The average molecular weight is 203 g/mol. The summed E-state index contributed by atoms with van der Waals surface area (Å²) in [6.45, 7) is 0. The van der Waals surface area contributed by atoms with Crippen molar-refractivity contribution in [2.24, 2.45) is 0 Å². The fourth-order valence-corrected chi connectivity index (χ4v) is 1.03. The molecule has 3 nitrogen and oxygen atoms in total. The third kappa shape index (κ3) is 1.89. The van der Waals surface area contributed by atoms with Crippen LogP contribution >= 0.6 is 11.6 Å².